The lowest BCUT2D eigenvalue weighted by molar-refractivity contribution is -0.126. The molecule has 0 saturated carbocycles. The third-order valence-corrected chi connectivity index (χ3v) is 4.90. The predicted octanol–water partition coefficient (Wildman–Crippen LogP) is 4.53. The summed E-state index contributed by atoms with van der Waals surface area (Å²) in [6, 6.07) is 8.42. The van der Waals surface area contributed by atoms with Crippen LogP contribution in [0.5, 0.6) is 0 Å². The Kier molecular flexibility index (Phi) is 6.52. The number of ether oxygens (including phenoxy) is 1. The monoisotopic (exact) mass is 372 g/mol. The summed E-state index contributed by atoms with van der Waals surface area (Å²) in [4.78, 5) is 36.4. The second kappa shape index (κ2) is 8.62. The molecule has 0 N–H and O–H groups in total. The summed E-state index contributed by atoms with van der Waals surface area (Å²) in [5.41, 5.74) is 1.98. The standard InChI is InChI=1S/C19H20N2O4S/c1-5-25-19(24)15-11(2)17(14-9-7-6-8-10-14)26-18(15)21-20-16(12(3)22)13(4)23/h6-10,16H,5H2,1-4H3. The molecule has 2 aromatic rings. The molecule has 0 spiro atoms. The van der Waals surface area contributed by atoms with Gasteiger partial charge in [-0.3, -0.25) is 9.59 Å². The molecule has 0 radical (unpaired) electrons. The van der Waals surface area contributed by atoms with Gasteiger partial charge >= 0.3 is 5.97 Å². The summed E-state index contributed by atoms with van der Waals surface area (Å²) in [7, 11) is 0. The van der Waals surface area contributed by atoms with Crippen molar-refractivity contribution in [2.24, 2.45) is 10.2 Å². The number of azo groups is 1. The van der Waals surface area contributed by atoms with Crippen LogP contribution in [-0.2, 0) is 14.3 Å². The normalized spacial score (nSPS) is 11.1. The third-order valence-electron chi connectivity index (χ3n) is 3.68. The summed E-state index contributed by atoms with van der Waals surface area (Å²) in [6.07, 6.45) is 0. The number of thiophene rings is 1. The van der Waals surface area contributed by atoms with Gasteiger partial charge in [-0.15, -0.1) is 16.5 Å². The van der Waals surface area contributed by atoms with E-state index in [4.69, 9.17) is 4.74 Å². The van der Waals surface area contributed by atoms with Crippen LogP contribution in [0.1, 0.15) is 36.7 Å². The van der Waals surface area contributed by atoms with Crippen molar-refractivity contribution in [2.45, 2.75) is 33.7 Å². The molecule has 2 rings (SSSR count). The minimum absolute atomic E-state index is 0.231. The Hall–Kier alpha value is -2.67. The fraction of sp³-hybridized carbons (Fsp3) is 0.316. The van der Waals surface area contributed by atoms with E-state index in [9.17, 15) is 14.4 Å². The predicted molar refractivity (Wildman–Crippen MR) is 100 cm³/mol. The van der Waals surface area contributed by atoms with Crippen LogP contribution in [0.4, 0.5) is 5.00 Å². The molecule has 26 heavy (non-hydrogen) atoms. The highest BCUT2D eigenvalue weighted by atomic mass is 32.1. The van der Waals surface area contributed by atoms with Gasteiger partial charge in [0.05, 0.1) is 6.61 Å². The van der Waals surface area contributed by atoms with Crippen molar-refractivity contribution in [3.63, 3.8) is 0 Å². The molecule has 0 bridgehead atoms. The quantitative estimate of drug-likeness (QED) is 0.406. The highest BCUT2D eigenvalue weighted by Crippen LogP contribution is 2.42. The number of nitrogens with zero attached hydrogens (tertiary/aromatic N) is 2. The van der Waals surface area contributed by atoms with Crippen molar-refractivity contribution >= 4 is 33.9 Å². The van der Waals surface area contributed by atoms with Gasteiger partial charge in [0.1, 0.15) is 5.56 Å². The maximum absolute atomic E-state index is 12.4. The fourth-order valence-electron chi connectivity index (χ4n) is 2.44. The molecular weight excluding hydrogens is 352 g/mol. The van der Waals surface area contributed by atoms with E-state index in [1.807, 2.05) is 37.3 Å². The number of benzene rings is 1. The topological polar surface area (TPSA) is 85.2 Å². The molecule has 1 heterocycles. The SMILES string of the molecule is CCOC(=O)c1c(N=NC(C(C)=O)C(C)=O)sc(-c2ccccc2)c1C. The lowest BCUT2D eigenvalue weighted by Gasteiger charge is -2.04. The van der Waals surface area contributed by atoms with Gasteiger partial charge < -0.3 is 4.74 Å². The van der Waals surface area contributed by atoms with Gasteiger partial charge in [-0.05, 0) is 38.8 Å². The molecule has 0 atom stereocenters. The molecule has 6 nitrogen and oxygen atoms in total. The van der Waals surface area contributed by atoms with E-state index in [1.54, 1.807) is 6.92 Å². The molecule has 0 aliphatic carbocycles. The Morgan fingerprint density at radius 1 is 1.12 bits per heavy atom. The maximum atomic E-state index is 12.4. The highest BCUT2D eigenvalue weighted by Gasteiger charge is 2.24. The fourth-order valence-corrected chi connectivity index (χ4v) is 3.57. The molecule has 0 fully saturated rings. The molecule has 0 aliphatic rings. The lowest BCUT2D eigenvalue weighted by Crippen LogP contribution is -2.23. The molecular formula is C19H20N2O4S. The zero-order chi connectivity index (χ0) is 19.3. The number of ketones is 2. The van der Waals surface area contributed by atoms with Gasteiger partial charge in [-0.2, -0.15) is 5.11 Å². The number of hydrogen-bond donors (Lipinski definition) is 0. The van der Waals surface area contributed by atoms with E-state index < -0.39 is 23.6 Å². The maximum Gasteiger partial charge on any atom is 0.341 e. The van der Waals surface area contributed by atoms with Crippen LogP contribution in [-0.4, -0.2) is 30.2 Å². The van der Waals surface area contributed by atoms with E-state index in [-0.39, 0.29) is 6.61 Å². The Morgan fingerprint density at radius 3 is 2.27 bits per heavy atom. The van der Waals surface area contributed by atoms with Gasteiger partial charge in [0.2, 0.25) is 0 Å². The first-order valence-electron chi connectivity index (χ1n) is 8.14. The van der Waals surface area contributed by atoms with Crippen molar-refractivity contribution in [2.75, 3.05) is 6.61 Å². The molecule has 1 aromatic heterocycles. The molecule has 0 aliphatic heterocycles. The zero-order valence-electron chi connectivity index (χ0n) is 15.1. The first-order valence-corrected chi connectivity index (χ1v) is 8.96. The smallest absolute Gasteiger partial charge is 0.341 e. The average molecular weight is 372 g/mol. The van der Waals surface area contributed by atoms with E-state index >= 15 is 0 Å². The lowest BCUT2D eigenvalue weighted by atomic mass is 10.1. The number of rotatable bonds is 7. The summed E-state index contributed by atoms with van der Waals surface area (Å²) < 4.78 is 5.13. The molecule has 136 valence electrons. The number of carbonyl (C=O) groups excluding carboxylic acids is 3. The van der Waals surface area contributed by atoms with Crippen molar-refractivity contribution in [1.29, 1.82) is 0 Å². The molecule has 0 unspecified atom stereocenters. The van der Waals surface area contributed by atoms with Crippen LogP contribution in [0.2, 0.25) is 0 Å². The van der Waals surface area contributed by atoms with Gasteiger partial charge in [0, 0.05) is 4.88 Å². The van der Waals surface area contributed by atoms with Crippen LogP contribution in [0.25, 0.3) is 10.4 Å². The second-order valence-electron chi connectivity index (χ2n) is 5.66. The number of Topliss-reactive ketones (excluding diaryl/α,β-unsaturated/α-hetero) is 2. The molecule has 7 heteroatoms. The summed E-state index contributed by atoms with van der Waals surface area (Å²) >= 11 is 1.27. The Morgan fingerprint density at radius 2 is 1.73 bits per heavy atom. The number of esters is 1. The Balaban J connectivity index is 2.55. The Bertz CT molecular complexity index is 842. The third kappa shape index (κ3) is 4.29. The van der Waals surface area contributed by atoms with Crippen LogP contribution in [0.3, 0.4) is 0 Å². The number of hydrogen-bond acceptors (Lipinski definition) is 7. The first kappa shape index (κ1) is 19.7. The zero-order valence-corrected chi connectivity index (χ0v) is 15.9. The summed E-state index contributed by atoms with van der Waals surface area (Å²) in [5.74, 6) is -1.29. The van der Waals surface area contributed by atoms with Crippen LogP contribution in [0.15, 0.2) is 40.6 Å². The van der Waals surface area contributed by atoms with E-state index in [0.717, 1.165) is 16.0 Å². The summed E-state index contributed by atoms with van der Waals surface area (Å²) in [6.45, 7) is 6.34. The largest absolute Gasteiger partial charge is 0.462 e. The van der Waals surface area contributed by atoms with Crippen molar-refractivity contribution in [3.8, 4) is 10.4 Å². The van der Waals surface area contributed by atoms with Crippen LogP contribution < -0.4 is 0 Å². The van der Waals surface area contributed by atoms with Gasteiger partial charge in [-0.25, -0.2) is 4.79 Å². The van der Waals surface area contributed by atoms with Gasteiger partial charge in [-0.1, -0.05) is 30.3 Å². The minimum Gasteiger partial charge on any atom is -0.462 e. The minimum atomic E-state index is -1.16. The number of carbonyl (C=O) groups is 3. The molecule has 0 saturated heterocycles. The summed E-state index contributed by atoms with van der Waals surface area (Å²) in [5, 5.41) is 8.26. The Labute approximate surface area is 155 Å². The van der Waals surface area contributed by atoms with Gasteiger partial charge in [0.25, 0.3) is 0 Å². The molecule has 1 aromatic carbocycles. The van der Waals surface area contributed by atoms with E-state index in [1.165, 1.54) is 25.2 Å². The van der Waals surface area contributed by atoms with Crippen molar-refractivity contribution in [3.05, 3.63) is 41.5 Å². The van der Waals surface area contributed by atoms with Crippen LogP contribution >= 0.6 is 11.3 Å². The van der Waals surface area contributed by atoms with E-state index in [0.29, 0.717) is 10.6 Å². The van der Waals surface area contributed by atoms with Crippen molar-refractivity contribution < 1.29 is 19.1 Å². The van der Waals surface area contributed by atoms with Crippen molar-refractivity contribution in [1.82, 2.24) is 0 Å². The first-order chi connectivity index (χ1) is 12.4. The highest BCUT2D eigenvalue weighted by molar-refractivity contribution is 7.19. The second-order valence-corrected chi connectivity index (χ2v) is 6.66. The van der Waals surface area contributed by atoms with Gasteiger partial charge in [0.15, 0.2) is 22.6 Å². The average Bonchev–Trinajstić information content (AvgIpc) is 2.92. The molecule has 0 amide bonds. The van der Waals surface area contributed by atoms with E-state index in [2.05, 4.69) is 10.2 Å². The van der Waals surface area contributed by atoms with Crippen LogP contribution in [0, 0.1) is 6.92 Å².